The molecule has 3 rings (SSSR count). The van der Waals surface area contributed by atoms with Gasteiger partial charge in [0.05, 0.1) is 4.90 Å². The fourth-order valence-electron chi connectivity index (χ4n) is 3.25. The minimum atomic E-state index is -3.65. The Morgan fingerprint density at radius 1 is 1.17 bits per heavy atom. The van der Waals surface area contributed by atoms with Crippen molar-refractivity contribution in [3.8, 4) is 0 Å². The second-order valence-corrected chi connectivity index (χ2v) is 8.02. The largest absolute Gasteiger partial charge is 0.384 e. The van der Waals surface area contributed by atoms with Crippen molar-refractivity contribution in [3.63, 3.8) is 0 Å². The van der Waals surface area contributed by atoms with Crippen molar-refractivity contribution in [1.29, 1.82) is 0 Å². The van der Waals surface area contributed by atoms with Gasteiger partial charge in [0, 0.05) is 6.54 Å². The number of benzene rings is 2. The van der Waals surface area contributed by atoms with Crippen molar-refractivity contribution in [2.45, 2.75) is 37.2 Å². The average Bonchev–Trinajstić information content (AvgIpc) is 2.84. The Morgan fingerprint density at radius 2 is 1.91 bits per heavy atom. The lowest BCUT2D eigenvalue weighted by atomic mass is 9.96. The zero-order valence-electron chi connectivity index (χ0n) is 13.3. The molecule has 23 heavy (non-hydrogen) atoms. The van der Waals surface area contributed by atoms with Crippen LogP contribution in [0.25, 0.3) is 0 Å². The third-order valence-corrected chi connectivity index (χ3v) is 6.06. The van der Waals surface area contributed by atoms with Crippen molar-refractivity contribution in [1.82, 2.24) is 4.72 Å². The van der Waals surface area contributed by atoms with Gasteiger partial charge in [-0.2, -0.15) is 0 Å². The molecule has 1 aliphatic rings. The van der Waals surface area contributed by atoms with Crippen LogP contribution in [0.5, 0.6) is 0 Å². The van der Waals surface area contributed by atoms with Gasteiger partial charge < -0.3 is 5.11 Å². The summed E-state index contributed by atoms with van der Waals surface area (Å²) in [6.07, 6.45) is 1.29. The summed E-state index contributed by atoms with van der Waals surface area (Å²) in [5.74, 6) is 0. The van der Waals surface area contributed by atoms with E-state index in [1.165, 1.54) is 0 Å². The van der Waals surface area contributed by atoms with Crippen molar-refractivity contribution in [2.75, 3.05) is 6.54 Å². The van der Waals surface area contributed by atoms with E-state index >= 15 is 0 Å². The van der Waals surface area contributed by atoms with Crippen LogP contribution >= 0.6 is 0 Å². The van der Waals surface area contributed by atoms with Gasteiger partial charge in [0.2, 0.25) is 10.0 Å². The zero-order chi connectivity index (χ0) is 16.7. The highest BCUT2D eigenvalue weighted by Gasteiger charge is 2.37. The van der Waals surface area contributed by atoms with E-state index in [-0.39, 0.29) is 11.4 Å². The lowest BCUT2D eigenvalue weighted by Crippen LogP contribution is -2.39. The van der Waals surface area contributed by atoms with Crippen LogP contribution in [-0.4, -0.2) is 20.1 Å². The zero-order valence-corrected chi connectivity index (χ0v) is 14.2. The molecule has 0 spiro atoms. The fourth-order valence-corrected chi connectivity index (χ4v) is 4.56. The molecule has 0 radical (unpaired) electrons. The number of hydrogen-bond acceptors (Lipinski definition) is 3. The van der Waals surface area contributed by atoms with Gasteiger partial charge in [-0.15, -0.1) is 0 Å². The quantitative estimate of drug-likeness (QED) is 0.904. The molecule has 0 saturated carbocycles. The van der Waals surface area contributed by atoms with Crippen molar-refractivity contribution in [3.05, 3.63) is 64.7 Å². The van der Waals surface area contributed by atoms with E-state index in [0.717, 1.165) is 23.1 Å². The Kier molecular flexibility index (Phi) is 4.04. The molecular formula is C18H21NO3S. The van der Waals surface area contributed by atoms with E-state index in [1.807, 2.05) is 37.3 Å². The molecule has 122 valence electrons. The predicted octanol–water partition coefficient (Wildman–Crippen LogP) is 2.42. The van der Waals surface area contributed by atoms with Crippen LogP contribution in [0.15, 0.2) is 47.4 Å². The first-order valence-electron chi connectivity index (χ1n) is 7.69. The molecule has 1 unspecified atom stereocenters. The maximum atomic E-state index is 12.6. The maximum absolute atomic E-state index is 12.6. The summed E-state index contributed by atoms with van der Waals surface area (Å²) < 4.78 is 27.7. The van der Waals surface area contributed by atoms with Gasteiger partial charge in [-0.25, -0.2) is 13.1 Å². The lowest BCUT2D eigenvalue weighted by molar-refractivity contribution is 0.0442. The van der Waals surface area contributed by atoms with Crippen LogP contribution in [0.2, 0.25) is 0 Å². The van der Waals surface area contributed by atoms with Gasteiger partial charge in [-0.05, 0) is 49.4 Å². The first-order valence-corrected chi connectivity index (χ1v) is 9.18. The lowest BCUT2D eigenvalue weighted by Gasteiger charge is -2.24. The second kappa shape index (κ2) is 5.74. The third kappa shape index (κ3) is 3.04. The van der Waals surface area contributed by atoms with Crippen molar-refractivity contribution >= 4 is 10.0 Å². The van der Waals surface area contributed by atoms with Crippen LogP contribution < -0.4 is 4.72 Å². The Balaban J connectivity index is 1.83. The maximum Gasteiger partial charge on any atom is 0.240 e. The Hall–Kier alpha value is -1.69. The summed E-state index contributed by atoms with van der Waals surface area (Å²) in [5.41, 5.74) is 2.49. The minimum absolute atomic E-state index is 0.0142. The predicted molar refractivity (Wildman–Crippen MR) is 89.8 cm³/mol. The Morgan fingerprint density at radius 3 is 2.65 bits per heavy atom. The molecule has 5 heteroatoms. The Bertz CT molecular complexity index is 845. The summed E-state index contributed by atoms with van der Waals surface area (Å²) in [4.78, 5) is 0.262. The monoisotopic (exact) mass is 331 g/mol. The summed E-state index contributed by atoms with van der Waals surface area (Å²) in [6.45, 7) is 3.69. The second-order valence-electron chi connectivity index (χ2n) is 6.28. The highest BCUT2D eigenvalue weighted by molar-refractivity contribution is 7.89. The van der Waals surface area contributed by atoms with Gasteiger partial charge in [0.1, 0.15) is 5.60 Å². The SMILES string of the molecule is Cc1ccc(S(=O)(=O)NCC2(O)CCc3ccccc32)c(C)c1. The standard InChI is InChI=1S/C18H21NO3S/c1-13-7-8-17(14(2)11-13)23(21,22)19-12-18(20)10-9-15-5-3-4-6-16(15)18/h3-8,11,19-20H,9-10,12H2,1-2H3. The first-order chi connectivity index (χ1) is 10.8. The van der Waals surface area contributed by atoms with E-state index in [0.29, 0.717) is 12.0 Å². The van der Waals surface area contributed by atoms with E-state index < -0.39 is 15.6 Å². The van der Waals surface area contributed by atoms with E-state index in [9.17, 15) is 13.5 Å². The molecule has 2 aromatic carbocycles. The molecule has 2 aromatic rings. The fraction of sp³-hybridized carbons (Fsp3) is 0.333. The summed E-state index contributed by atoms with van der Waals surface area (Å²) in [6, 6.07) is 12.9. The average molecular weight is 331 g/mol. The van der Waals surface area contributed by atoms with Crippen LogP contribution in [-0.2, 0) is 22.0 Å². The molecule has 0 heterocycles. The smallest absolute Gasteiger partial charge is 0.240 e. The molecule has 0 fully saturated rings. The summed E-state index contributed by atoms with van der Waals surface area (Å²) >= 11 is 0. The van der Waals surface area contributed by atoms with Crippen LogP contribution in [0, 0.1) is 13.8 Å². The molecule has 1 aliphatic carbocycles. The van der Waals surface area contributed by atoms with E-state index in [4.69, 9.17) is 0 Å². The number of aryl methyl sites for hydroxylation is 3. The summed E-state index contributed by atoms with van der Waals surface area (Å²) in [7, 11) is -3.65. The number of rotatable bonds is 4. The first kappa shape index (κ1) is 16.2. The highest BCUT2D eigenvalue weighted by atomic mass is 32.2. The molecule has 0 aromatic heterocycles. The normalized spacial score (nSPS) is 20.5. The topological polar surface area (TPSA) is 66.4 Å². The van der Waals surface area contributed by atoms with E-state index in [2.05, 4.69) is 4.72 Å². The van der Waals surface area contributed by atoms with Crippen LogP contribution in [0.1, 0.15) is 28.7 Å². The molecule has 0 aliphatic heterocycles. The highest BCUT2D eigenvalue weighted by Crippen LogP contribution is 2.36. The molecule has 1 atom stereocenters. The molecule has 0 bridgehead atoms. The van der Waals surface area contributed by atoms with Gasteiger partial charge in [-0.1, -0.05) is 42.0 Å². The van der Waals surface area contributed by atoms with Gasteiger partial charge >= 0.3 is 0 Å². The molecule has 0 amide bonds. The molecule has 4 nitrogen and oxygen atoms in total. The number of hydrogen-bond donors (Lipinski definition) is 2. The number of sulfonamides is 1. The molecular weight excluding hydrogens is 310 g/mol. The van der Waals surface area contributed by atoms with Crippen molar-refractivity contribution in [2.24, 2.45) is 0 Å². The van der Waals surface area contributed by atoms with Crippen LogP contribution in [0.3, 0.4) is 0 Å². The van der Waals surface area contributed by atoms with E-state index in [1.54, 1.807) is 19.1 Å². The molecule has 0 saturated heterocycles. The van der Waals surface area contributed by atoms with Gasteiger partial charge in [0.15, 0.2) is 0 Å². The van der Waals surface area contributed by atoms with Gasteiger partial charge in [0.25, 0.3) is 0 Å². The molecule has 2 N–H and O–H groups in total. The minimum Gasteiger partial charge on any atom is -0.384 e. The number of aliphatic hydroxyl groups is 1. The van der Waals surface area contributed by atoms with Gasteiger partial charge in [-0.3, -0.25) is 0 Å². The number of nitrogens with one attached hydrogen (secondary N) is 1. The van der Waals surface area contributed by atoms with Crippen molar-refractivity contribution < 1.29 is 13.5 Å². The third-order valence-electron chi connectivity index (χ3n) is 4.50. The number of fused-ring (bicyclic) bond motifs is 1. The van der Waals surface area contributed by atoms with Crippen LogP contribution in [0.4, 0.5) is 0 Å². The summed E-state index contributed by atoms with van der Waals surface area (Å²) in [5, 5.41) is 10.8. The Labute approximate surface area is 137 Å².